The molecule has 73 heavy (non-hydrogen) atoms. The van der Waals surface area contributed by atoms with Crippen LogP contribution in [-0.4, -0.2) is 6.71 Å². The van der Waals surface area contributed by atoms with Gasteiger partial charge in [0, 0.05) is 43.2 Å². The minimum Gasteiger partial charge on any atom is -0.311 e. The predicted octanol–water partition coefficient (Wildman–Crippen LogP) is 17.9. The molecule has 12 rings (SSSR count). The molecule has 0 unspecified atom stereocenters. The van der Waals surface area contributed by atoms with Crippen LogP contribution in [0.5, 0.6) is 0 Å². The lowest BCUT2D eigenvalue weighted by atomic mass is 9.35. The van der Waals surface area contributed by atoms with E-state index >= 15 is 0 Å². The highest BCUT2D eigenvalue weighted by atomic mass is 32.1. The molecule has 0 amide bonds. The molecule has 4 heteroatoms. The Bertz CT molecular complexity index is 3490. The van der Waals surface area contributed by atoms with E-state index in [0.29, 0.717) is 0 Å². The van der Waals surface area contributed by atoms with Crippen LogP contribution in [0.3, 0.4) is 0 Å². The van der Waals surface area contributed by atoms with Crippen molar-refractivity contribution in [3.63, 3.8) is 0 Å². The summed E-state index contributed by atoms with van der Waals surface area (Å²) in [5, 5.41) is 1.37. The monoisotopic (exact) mass is 981 g/mol. The average Bonchev–Trinajstić information content (AvgIpc) is 3.68. The maximum Gasteiger partial charge on any atom is 0.264 e. The Labute approximate surface area is 444 Å². The van der Waals surface area contributed by atoms with Crippen LogP contribution in [0.15, 0.2) is 91.0 Å². The number of nitrogens with zero attached hydrogens (tertiary/aromatic N) is 2. The average molecular weight is 981 g/mol. The van der Waals surface area contributed by atoms with Gasteiger partial charge >= 0.3 is 0 Å². The Morgan fingerprint density at radius 1 is 0.479 bits per heavy atom. The number of fused-ring (bicyclic) bond motifs is 9. The summed E-state index contributed by atoms with van der Waals surface area (Å²) in [4.78, 5) is 5.56. The van der Waals surface area contributed by atoms with Gasteiger partial charge in [0.15, 0.2) is 0 Å². The van der Waals surface area contributed by atoms with Gasteiger partial charge < -0.3 is 9.80 Å². The lowest BCUT2D eigenvalue weighted by Crippen LogP contribution is -2.61. The largest absolute Gasteiger partial charge is 0.311 e. The molecule has 0 spiro atoms. The van der Waals surface area contributed by atoms with E-state index in [1.54, 1.807) is 0 Å². The zero-order valence-corrected chi connectivity index (χ0v) is 48.6. The molecule has 376 valence electrons. The van der Waals surface area contributed by atoms with Gasteiger partial charge in [-0.3, -0.25) is 0 Å². The lowest BCUT2D eigenvalue weighted by Gasteiger charge is -2.48. The minimum atomic E-state index is 0.00676. The molecule has 2 nitrogen and oxygen atoms in total. The molecule has 0 bridgehead atoms. The van der Waals surface area contributed by atoms with E-state index in [4.69, 9.17) is 0 Å². The zero-order chi connectivity index (χ0) is 52.1. The second-order valence-electron chi connectivity index (χ2n) is 28.8. The summed E-state index contributed by atoms with van der Waals surface area (Å²) in [5.41, 5.74) is 28.3. The van der Waals surface area contributed by atoms with Gasteiger partial charge in [-0.15, -0.1) is 11.3 Å². The molecule has 1 aromatic heterocycles. The molecule has 0 saturated heterocycles. The van der Waals surface area contributed by atoms with Crippen molar-refractivity contribution in [2.45, 2.75) is 201 Å². The van der Waals surface area contributed by atoms with Crippen LogP contribution in [0.4, 0.5) is 34.1 Å². The van der Waals surface area contributed by atoms with E-state index in [-0.39, 0.29) is 44.6 Å². The Morgan fingerprint density at radius 2 is 0.973 bits per heavy atom. The van der Waals surface area contributed by atoms with Crippen LogP contribution >= 0.6 is 11.3 Å². The van der Waals surface area contributed by atoms with Crippen LogP contribution < -0.4 is 25.5 Å². The molecular formula is C69H81BN2S. The van der Waals surface area contributed by atoms with Crippen molar-refractivity contribution in [1.29, 1.82) is 0 Å². The van der Waals surface area contributed by atoms with E-state index in [9.17, 15) is 0 Å². The Hall–Kier alpha value is -5.06. The highest BCUT2D eigenvalue weighted by Gasteiger charge is 2.50. The van der Waals surface area contributed by atoms with Crippen LogP contribution in [0.25, 0.3) is 21.2 Å². The van der Waals surface area contributed by atoms with E-state index in [0.717, 1.165) is 0 Å². The normalized spacial score (nSPS) is 20.2. The molecule has 3 aliphatic carbocycles. The summed E-state index contributed by atoms with van der Waals surface area (Å²) in [6.07, 6.45) is 7.08. The number of benzene rings is 6. The van der Waals surface area contributed by atoms with Gasteiger partial charge in [-0.05, 0) is 224 Å². The van der Waals surface area contributed by atoms with Crippen molar-refractivity contribution in [3.8, 4) is 11.1 Å². The molecule has 6 aromatic carbocycles. The molecule has 0 N–H and O–H groups in total. The first-order valence-corrected chi connectivity index (χ1v) is 28.7. The van der Waals surface area contributed by atoms with Gasteiger partial charge in [-0.25, -0.2) is 0 Å². The van der Waals surface area contributed by atoms with Crippen molar-refractivity contribution in [2.75, 3.05) is 9.80 Å². The van der Waals surface area contributed by atoms with Crippen LogP contribution in [0, 0.1) is 20.8 Å². The topological polar surface area (TPSA) is 6.48 Å². The Balaban J connectivity index is 1.25. The number of aryl methyl sites for hydroxylation is 3. The first kappa shape index (κ1) is 48.9. The van der Waals surface area contributed by atoms with Crippen molar-refractivity contribution in [1.82, 2.24) is 0 Å². The third-order valence-electron chi connectivity index (χ3n) is 19.7. The zero-order valence-electron chi connectivity index (χ0n) is 47.8. The summed E-state index contributed by atoms with van der Waals surface area (Å²) >= 11 is 2.05. The van der Waals surface area contributed by atoms with Crippen molar-refractivity contribution in [2.24, 2.45) is 0 Å². The van der Waals surface area contributed by atoms with Crippen LogP contribution in [0.2, 0.25) is 0 Å². The van der Waals surface area contributed by atoms with Crippen molar-refractivity contribution >= 4 is 78.0 Å². The van der Waals surface area contributed by atoms with Gasteiger partial charge in [-0.1, -0.05) is 140 Å². The molecular weight excluding hydrogens is 900 g/mol. The summed E-state index contributed by atoms with van der Waals surface area (Å²) in [6.45, 7) is 44.2. The number of anilines is 6. The van der Waals surface area contributed by atoms with Crippen LogP contribution in [-0.2, 0) is 37.9 Å². The molecule has 0 radical (unpaired) electrons. The van der Waals surface area contributed by atoms with Crippen molar-refractivity contribution in [3.05, 3.63) is 147 Å². The smallest absolute Gasteiger partial charge is 0.264 e. The Kier molecular flexibility index (Phi) is 10.4. The fourth-order valence-electron chi connectivity index (χ4n) is 14.6. The summed E-state index contributed by atoms with van der Waals surface area (Å²) in [7, 11) is 0. The number of hydrogen-bond acceptors (Lipinski definition) is 3. The molecule has 2 aliphatic heterocycles. The molecule has 0 fully saturated rings. The summed E-state index contributed by atoms with van der Waals surface area (Å²) in [6, 6.07) is 37.9. The molecule has 0 saturated carbocycles. The van der Waals surface area contributed by atoms with E-state index in [1.807, 2.05) is 11.3 Å². The third kappa shape index (κ3) is 7.21. The van der Waals surface area contributed by atoms with E-state index in [2.05, 4.69) is 225 Å². The third-order valence-corrected chi connectivity index (χ3v) is 20.9. The fourth-order valence-corrected chi connectivity index (χ4v) is 15.9. The summed E-state index contributed by atoms with van der Waals surface area (Å²) < 4.78 is 2.83. The lowest BCUT2D eigenvalue weighted by molar-refractivity contribution is 0.332. The predicted molar refractivity (Wildman–Crippen MR) is 320 cm³/mol. The fraction of sp³-hybridized carbons (Fsp3) is 0.449. The minimum absolute atomic E-state index is 0.00676. The molecule has 7 aromatic rings. The highest BCUT2D eigenvalue weighted by Crippen LogP contribution is 2.57. The number of hydrogen-bond donors (Lipinski definition) is 0. The quantitative estimate of drug-likeness (QED) is 0.163. The van der Waals surface area contributed by atoms with E-state index < -0.39 is 0 Å². The number of thiophene rings is 1. The van der Waals surface area contributed by atoms with Gasteiger partial charge in [0.05, 0.1) is 11.4 Å². The first-order chi connectivity index (χ1) is 34.0. The first-order valence-electron chi connectivity index (χ1n) is 27.9. The van der Waals surface area contributed by atoms with Gasteiger partial charge in [-0.2, -0.15) is 0 Å². The maximum atomic E-state index is 2.81. The van der Waals surface area contributed by atoms with Crippen LogP contribution in [0.1, 0.15) is 198 Å². The molecule has 3 heterocycles. The van der Waals surface area contributed by atoms with Gasteiger partial charge in [0.25, 0.3) is 6.71 Å². The van der Waals surface area contributed by atoms with Crippen molar-refractivity contribution < 1.29 is 0 Å². The molecule has 5 aliphatic rings. The second kappa shape index (κ2) is 15.5. The molecule has 0 atom stereocenters. The van der Waals surface area contributed by atoms with Gasteiger partial charge in [0.2, 0.25) is 0 Å². The maximum absolute atomic E-state index is 2.81. The standard InChI is InChI=1S/C69H81BN2S/c1-40-32-56-60-57(33-40)72(54-38-51-49(66(11,12)28-30-68(51,15)16)36-45(54)59-41(2)20-19-21-42(59)3)55-39-52-50(67(13,14)29-31-69(52,17)18)37-53(55)70(60)62-61(46-34-43(63(4,5)6)22-25-58(46)73-62)71(56)44-23-24-47-48(35-44)65(9,10)27-26-64(47,7)8/h19-25,32-39H,26-31H2,1-18H3. The highest BCUT2D eigenvalue weighted by molar-refractivity contribution is 7.33. The van der Waals surface area contributed by atoms with E-state index in [1.165, 1.54) is 165 Å². The SMILES string of the molecule is Cc1cc2c3c(c1)N(c1ccc4c(c1)C(C)(C)CCC4(C)C)c1c(sc4ccc(C(C)(C)C)cc14)B3c1cc3c(cc1N2c1cc2c(cc1-c1c(C)cccc1C)C(C)(C)CCC2(C)C)C(C)(C)CCC3(C)C. The second-order valence-corrected chi connectivity index (χ2v) is 29.9. The number of rotatable bonds is 3. The van der Waals surface area contributed by atoms with Gasteiger partial charge in [0.1, 0.15) is 0 Å². The Morgan fingerprint density at radius 3 is 1.53 bits per heavy atom. The summed E-state index contributed by atoms with van der Waals surface area (Å²) in [5.74, 6) is 0.